The Bertz CT molecular complexity index is 653. The van der Waals surface area contributed by atoms with Crippen LogP contribution >= 0.6 is 11.6 Å². The number of amides is 2. The molecule has 1 atom stereocenters. The molecule has 0 spiro atoms. The molecule has 6 nitrogen and oxygen atoms in total. The monoisotopic (exact) mass is 349 g/mol. The van der Waals surface area contributed by atoms with Crippen molar-refractivity contribution in [2.24, 2.45) is 7.05 Å². The van der Waals surface area contributed by atoms with E-state index in [2.05, 4.69) is 15.7 Å². The first-order chi connectivity index (χ1) is 11.5. The third-order valence-electron chi connectivity index (χ3n) is 3.71. The number of carbonyl (C=O) groups excluding carboxylic acids is 1. The van der Waals surface area contributed by atoms with Gasteiger partial charge in [0, 0.05) is 43.5 Å². The van der Waals surface area contributed by atoms with Gasteiger partial charge in [0.25, 0.3) is 0 Å². The highest BCUT2D eigenvalue weighted by atomic mass is 35.5. The maximum atomic E-state index is 12.2. The first-order valence-corrected chi connectivity index (χ1v) is 8.25. The second-order valence-corrected chi connectivity index (χ2v) is 6.40. The Balaban J connectivity index is 1.89. The van der Waals surface area contributed by atoms with Crippen molar-refractivity contribution in [1.82, 2.24) is 25.3 Å². The zero-order valence-corrected chi connectivity index (χ0v) is 15.0. The van der Waals surface area contributed by atoms with E-state index in [0.717, 1.165) is 17.7 Å². The second-order valence-electron chi connectivity index (χ2n) is 5.96. The minimum Gasteiger partial charge on any atom is -0.338 e. The first-order valence-electron chi connectivity index (χ1n) is 7.87. The van der Waals surface area contributed by atoms with Gasteiger partial charge in [0.15, 0.2) is 0 Å². The van der Waals surface area contributed by atoms with Gasteiger partial charge in [0.1, 0.15) is 0 Å². The topological polar surface area (TPSA) is 62.2 Å². The first kappa shape index (κ1) is 18.3. The molecule has 1 aromatic carbocycles. The molecule has 0 saturated heterocycles. The van der Waals surface area contributed by atoms with Gasteiger partial charge in [0.05, 0.1) is 6.04 Å². The Kier molecular flexibility index (Phi) is 6.63. The Labute approximate surface area is 147 Å². The van der Waals surface area contributed by atoms with E-state index in [1.807, 2.05) is 61.1 Å². The fraction of sp³-hybridized carbons (Fsp3) is 0.412. The Morgan fingerprint density at radius 1 is 1.29 bits per heavy atom. The fourth-order valence-corrected chi connectivity index (χ4v) is 2.58. The minimum atomic E-state index is -0.182. The molecule has 0 fully saturated rings. The number of benzene rings is 1. The van der Waals surface area contributed by atoms with Crippen molar-refractivity contribution < 1.29 is 4.79 Å². The van der Waals surface area contributed by atoms with Gasteiger partial charge in [-0.05, 0) is 37.9 Å². The molecule has 1 unspecified atom stereocenters. The summed E-state index contributed by atoms with van der Waals surface area (Å²) in [5.41, 5.74) is 2.10. The molecule has 7 heteroatoms. The number of hydrogen-bond acceptors (Lipinski definition) is 3. The van der Waals surface area contributed by atoms with Crippen LogP contribution in [-0.4, -0.2) is 47.9 Å². The average Bonchev–Trinajstić information content (AvgIpc) is 2.92. The summed E-state index contributed by atoms with van der Waals surface area (Å²) in [5, 5.41) is 10.7. The molecule has 0 aliphatic heterocycles. The lowest BCUT2D eigenvalue weighted by Crippen LogP contribution is -2.42. The summed E-state index contributed by atoms with van der Waals surface area (Å²) >= 11 is 5.94. The molecule has 130 valence electrons. The van der Waals surface area contributed by atoms with Crippen LogP contribution in [0.5, 0.6) is 0 Å². The molecular weight excluding hydrogens is 326 g/mol. The number of halogens is 1. The molecule has 0 aliphatic rings. The van der Waals surface area contributed by atoms with Crippen molar-refractivity contribution in [2.75, 3.05) is 27.2 Å². The molecule has 0 radical (unpaired) electrons. The summed E-state index contributed by atoms with van der Waals surface area (Å²) in [6.07, 6.45) is 2.49. The third-order valence-corrected chi connectivity index (χ3v) is 3.97. The lowest BCUT2D eigenvalue weighted by Gasteiger charge is -2.23. The molecule has 2 rings (SSSR count). The molecule has 0 saturated carbocycles. The smallest absolute Gasteiger partial charge is 0.315 e. The van der Waals surface area contributed by atoms with E-state index in [-0.39, 0.29) is 12.1 Å². The molecular formula is C17H24ClN5O. The van der Waals surface area contributed by atoms with Crippen LogP contribution in [0, 0.1) is 0 Å². The second kappa shape index (κ2) is 8.70. The molecule has 24 heavy (non-hydrogen) atoms. The van der Waals surface area contributed by atoms with Crippen LogP contribution in [0.2, 0.25) is 5.02 Å². The Morgan fingerprint density at radius 3 is 2.58 bits per heavy atom. The third kappa shape index (κ3) is 5.54. The number of hydrogen-bond donors (Lipinski definition) is 2. The Hall–Kier alpha value is -2.05. The van der Waals surface area contributed by atoms with E-state index in [1.54, 1.807) is 6.20 Å². The predicted octanol–water partition coefficient (Wildman–Crippen LogP) is 2.22. The van der Waals surface area contributed by atoms with Gasteiger partial charge >= 0.3 is 6.03 Å². The van der Waals surface area contributed by atoms with Crippen molar-refractivity contribution in [3.05, 3.63) is 52.8 Å². The molecule has 0 aliphatic carbocycles. The highest BCUT2D eigenvalue weighted by Gasteiger charge is 2.15. The van der Waals surface area contributed by atoms with Crippen molar-refractivity contribution in [2.45, 2.75) is 12.5 Å². The summed E-state index contributed by atoms with van der Waals surface area (Å²) in [6.45, 7) is 1.26. The van der Waals surface area contributed by atoms with Crippen molar-refractivity contribution in [1.29, 1.82) is 0 Å². The number of nitrogens with zero attached hydrogens (tertiary/aromatic N) is 3. The van der Waals surface area contributed by atoms with Crippen molar-refractivity contribution in [3.8, 4) is 0 Å². The van der Waals surface area contributed by atoms with Crippen LogP contribution in [0.3, 0.4) is 0 Å². The highest BCUT2D eigenvalue weighted by Crippen LogP contribution is 2.17. The van der Waals surface area contributed by atoms with Crippen LogP contribution in [0.25, 0.3) is 0 Å². The quantitative estimate of drug-likeness (QED) is 0.805. The fourth-order valence-electron chi connectivity index (χ4n) is 2.45. The van der Waals surface area contributed by atoms with E-state index in [1.165, 1.54) is 0 Å². The molecule has 1 heterocycles. The largest absolute Gasteiger partial charge is 0.338 e. The van der Waals surface area contributed by atoms with Gasteiger partial charge in [0.2, 0.25) is 0 Å². The SMILES string of the molecule is CN(C)CC(NC(=O)NCCc1ccnn1C)c1ccc(Cl)cc1. The zero-order valence-electron chi connectivity index (χ0n) is 14.3. The standard InChI is InChI=1S/C17H24ClN5O/c1-22(2)12-16(13-4-6-14(18)7-5-13)21-17(24)19-10-8-15-9-11-20-23(15)3/h4-7,9,11,16H,8,10,12H2,1-3H3,(H2,19,21,24). The van der Waals surface area contributed by atoms with Gasteiger partial charge in [-0.2, -0.15) is 5.10 Å². The minimum absolute atomic E-state index is 0.103. The zero-order chi connectivity index (χ0) is 17.5. The lowest BCUT2D eigenvalue weighted by molar-refractivity contribution is 0.233. The highest BCUT2D eigenvalue weighted by molar-refractivity contribution is 6.30. The number of aryl methyl sites for hydroxylation is 1. The van der Waals surface area contributed by atoms with Crippen LogP contribution in [-0.2, 0) is 13.5 Å². The number of aromatic nitrogens is 2. The normalized spacial score (nSPS) is 12.2. The van der Waals surface area contributed by atoms with Gasteiger partial charge in [-0.1, -0.05) is 23.7 Å². The van der Waals surface area contributed by atoms with Gasteiger partial charge in [-0.3, -0.25) is 4.68 Å². The summed E-state index contributed by atoms with van der Waals surface area (Å²) in [4.78, 5) is 14.2. The summed E-state index contributed by atoms with van der Waals surface area (Å²) < 4.78 is 1.81. The van der Waals surface area contributed by atoms with Crippen LogP contribution < -0.4 is 10.6 Å². The average molecular weight is 350 g/mol. The Morgan fingerprint density at radius 2 is 2.00 bits per heavy atom. The summed E-state index contributed by atoms with van der Waals surface area (Å²) in [7, 11) is 5.85. The lowest BCUT2D eigenvalue weighted by atomic mass is 10.1. The van der Waals surface area contributed by atoms with E-state index < -0.39 is 0 Å². The number of carbonyl (C=O) groups is 1. The number of likely N-dealkylation sites (N-methyl/N-ethyl adjacent to an activating group) is 1. The van der Waals surface area contributed by atoms with E-state index in [4.69, 9.17) is 11.6 Å². The van der Waals surface area contributed by atoms with E-state index >= 15 is 0 Å². The number of rotatable bonds is 7. The summed E-state index contributed by atoms with van der Waals surface area (Å²) in [6, 6.07) is 9.21. The van der Waals surface area contributed by atoms with E-state index in [0.29, 0.717) is 18.1 Å². The van der Waals surface area contributed by atoms with Crippen LogP contribution in [0.1, 0.15) is 17.3 Å². The van der Waals surface area contributed by atoms with Gasteiger partial charge in [-0.25, -0.2) is 4.79 Å². The number of nitrogens with one attached hydrogen (secondary N) is 2. The van der Waals surface area contributed by atoms with Crippen LogP contribution in [0.4, 0.5) is 4.79 Å². The van der Waals surface area contributed by atoms with Crippen LogP contribution in [0.15, 0.2) is 36.5 Å². The van der Waals surface area contributed by atoms with Crippen molar-refractivity contribution >= 4 is 17.6 Å². The van der Waals surface area contributed by atoms with Gasteiger partial charge in [-0.15, -0.1) is 0 Å². The molecule has 2 aromatic rings. The molecule has 2 amide bonds. The molecule has 1 aromatic heterocycles. The molecule has 2 N–H and O–H groups in total. The number of urea groups is 1. The van der Waals surface area contributed by atoms with Gasteiger partial charge < -0.3 is 15.5 Å². The molecule has 0 bridgehead atoms. The maximum Gasteiger partial charge on any atom is 0.315 e. The van der Waals surface area contributed by atoms with Crippen molar-refractivity contribution in [3.63, 3.8) is 0 Å². The van der Waals surface area contributed by atoms with E-state index in [9.17, 15) is 4.79 Å². The summed E-state index contributed by atoms with van der Waals surface area (Å²) in [5.74, 6) is 0. The maximum absolute atomic E-state index is 12.2. The predicted molar refractivity (Wildman–Crippen MR) is 96.2 cm³/mol.